The van der Waals surface area contributed by atoms with Crippen molar-refractivity contribution < 1.29 is 19.1 Å². The Bertz CT molecular complexity index is 1630. The quantitative estimate of drug-likeness (QED) is 0.220. The first kappa shape index (κ1) is 31.6. The molecule has 2 N–H and O–H groups in total. The lowest BCUT2D eigenvalue weighted by Crippen LogP contribution is -2.38. The van der Waals surface area contributed by atoms with Gasteiger partial charge in [0.2, 0.25) is 0 Å². The second-order valence-corrected chi connectivity index (χ2v) is 12.7. The van der Waals surface area contributed by atoms with Crippen molar-refractivity contribution in [3.63, 3.8) is 0 Å². The Morgan fingerprint density at radius 1 is 0.867 bits per heavy atom. The smallest absolute Gasteiger partial charge is 0.324 e. The SMILES string of the molecule is COc1ccc(C(=O)N2CCC(Cc3ccc(NC(=O)Nc4cc(C(C)(C)C)nn4-c4ccc(C)cc4)cc3)CC2)cc1OC. The largest absolute Gasteiger partial charge is 0.493 e. The van der Waals surface area contributed by atoms with Gasteiger partial charge in [-0.1, -0.05) is 50.6 Å². The minimum Gasteiger partial charge on any atom is -0.493 e. The standard InChI is InChI=1S/C36H43N5O4/c1-24-7-14-29(15-8-24)41-33(23-32(39-41)36(2,3)4)38-35(43)37-28-12-9-25(10-13-28)21-26-17-19-40(20-18-26)34(42)27-11-16-30(44-5)31(22-27)45-6/h7-16,22-23,26H,17-21H2,1-6H3,(H2,37,38,43). The molecule has 1 fully saturated rings. The lowest BCUT2D eigenvalue weighted by Gasteiger charge is -2.32. The van der Waals surface area contributed by atoms with Crippen molar-refractivity contribution >= 4 is 23.4 Å². The lowest BCUT2D eigenvalue weighted by atomic mass is 9.90. The molecule has 5 rings (SSSR count). The zero-order valence-corrected chi connectivity index (χ0v) is 27.0. The van der Waals surface area contributed by atoms with E-state index in [-0.39, 0.29) is 17.4 Å². The number of aryl methyl sites for hydroxylation is 1. The van der Waals surface area contributed by atoms with Crippen molar-refractivity contribution in [2.24, 2.45) is 5.92 Å². The summed E-state index contributed by atoms with van der Waals surface area (Å²) in [5.41, 5.74) is 5.28. The molecule has 1 aromatic heterocycles. The van der Waals surface area contributed by atoms with Gasteiger partial charge in [0.15, 0.2) is 11.5 Å². The summed E-state index contributed by atoms with van der Waals surface area (Å²) >= 11 is 0. The second kappa shape index (κ2) is 13.5. The molecule has 45 heavy (non-hydrogen) atoms. The molecule has 2 heterocycles. The number of nitrogens with zero attached hydrogens (tertiary/aromatic N) is 3. The summed E-state index contributed by atoms with van der Waals surface area (Å²) in [5.74, 6) is 2.26. The van der Waals surface area contributed by atoms with Crippen LogP contribution in [0.15, 0.2) is 72.8 Å². The van der Waals surface area contributed by atoms with E-state index in [0.29, 0.717) is 47.6 Å². The number of hydrogen-bond donors (Lipinski definition) is 2. The summed E-state index contributed by atoms with van der Waals surface area (Å²) in [6.07, 6.45) is 2.80. The molecule has 0 spiro atoms. The topological polar surface area (TPSA) is 97.7 Å². The highest BCUT2D eigenvalue weighted by Gasteiger charge is 2.25. The summed E-state index contributed by atoms with van der Waals surface area (Å²) in [5, 5.41) is 10.7. The fraction of sp³-hybridized carbons (Fsp3) is 0.361. The number of nitrogens with one attached hydrogen (secondary N) is 2. The molecule has 0 radical (unpaired) electrons. The molecule has 0 unspecified atom stereocenters. The van der Waals surface area contributed by atoms with E-state index in [1.807, 2.05) is 54.3 Å². The van der Waals surface area contributed by atoms with Gasteiger partial charge >= 0.3 is 6.03 Å². The molecule has 1 aliphatic rings. The van der Waals surface area contributed by atoms with Gasteiger partial charge in [0, 0.05) is 35.8 Å². The zero-order valence-electron chi connectivity index (χ0n) is 27.0. The number of likely N-dealkylation sites (tertiary alicyclic amines) is 1. The number of anilines is 2. The van der Waals surface area contributed by atoms with Gasteiger partial charge in [-0.25, -0.2) is 9.48 Å². The Morgan fingerprint density at radius 2 is 1.53 bits per heavy atom. The van der Waals surface area contributed by atoms with Gasteiger partial charge in [-0.15, -0.1) is 0 Å². The highest BCUT2D eigenvalue weighted by molar-refractivity contribution is 5.99. The van der Waals surface area contributed by atoms with Crippen molar-refractivity contribution in [1.82, 2.24) is 14.7 Å². The molecule has 0 saturated carbocycles. The van der Waals surface area contributed by atoms with Gasteiger partial charge < -0.3 is 19.7 Å². The summed E-state index contributed by atoms with van der Waals surface area (Å²) in [6.45, 7) is 9.77. The van der Waals surface area contributed by atoms with E-state index in [4.69, 9.17) is 14.6 Å². The molecule has 0 aliphatic carbocycles. The normalized spacial score (nSPS) is 13.8. The van der Waals surface area contributed by atoms with Crippen LogP contribution in [0.25, 0.3) is 5.69 Å². The number of ether oxygens (including phenoxy) is 2. The van der Waals surface area contributed by atoms with Crippen LogP contribution in [-0.2, 0) is 11.8 Å². The Labute approximate surface area is 265 Å². The maximum Gasteiger partial charge on any atom is 0.324 e. The first-order valence-corrected chi connectivity index (χ1v) is 15.4. The molecule has 9 nitrogen and oxygen atoms in total. The average Bonchev–Trinajstić information content (AvgIpc) is 3.46. The monoisotopic (exact) mass is 609 g/mol. The third kappa shape index (κ3) is 7.66. The fourth-order valence-electron chi connectivity index (χ4n) is 5.55. The van der Waals surface area contributed by atoms with Crippen molar-refractivity contribution in [3.8, 4) is 17.2 Å². The molecule has 1 saturated heterocycles. The van der Waals surface area contributed by atoms with Crippen molar-refractivity contribution in [2.75, 3.05) is 37.9 Å². The Balaban J connectivity index is 1.15. The molecule has 1 aliphatic heterocycles. The number of urea groups is 1. The number of methoxy groups -OCH3 is 2. The highest BCUT2D eigenvalue weighted by Crippen LogP contribution is 2.30. The van der Waals surface area contributed by atoms with Crippen molar-refractivity contribution in [2.45, 2.75) is 52.4 Å². The van der Waals surface area contributed by atoms with Gasteiger partial charge in [-0.2, -0.15) is 5.10 Å². The minimum atomic E-state index is -0.331. The third-order valence-corrected chi connectivity index (χ3v) is 8.27. The molecule has 0 atom stereocenters. The predicted octanol–water partition coefficient (Wildman–Crippen LogP) is 7.23. The molecule has 3 aromatic carbocycles. The van der Waals surface area contributed by atoms with E-state index in [1.54, 1.807) is 37.1 Å². The molecule has 236 valence electrons. The predicted molar refractivity (Wildman–Crippen MR) is 178 cm³/mol. The number of carbonyl (C=O) groups excluding carboxylic acids is 2. The van der Waals surface area contributed by atoms with Crippen LogP contribution in [0, 0.1) is 12.8 Å². The number of hydrogen-bond acceptors (Lipinski definition) is 5. The molecule has 9 heteroatoms. The Morgan fingerprint density at radius 3 is 2.16 bits per heavy atom. The van der Waals surface area contributed by atoms with Crippen LogP contribution in [-0.4, -0.2) is 53.9 Å². The summed E-state index contributed by atoms with van der Waals surface area (Å²) < 4.78 is 12.4. The number of aromatic nitrogens is 2. The summed E-state index contributed by atoms with van der Waals surface area (Å²) in [4.78, 5) is 28.0. The van der Waals surface area contributed by atoms with E-state index in [0.717, 1.165) is 36.2 Å². The Kier molecular flexibility index (Phi) is 9.46. The minimum absolute atomic E-state index is 0.0136. The van der Waals surface area contributed by atoms with Crippen molar-refractivity contribution in [1.29, 1.82) is 0 Å². The fourth-order valence-corrected chi connectivity index (χ4v) is 5.55. The molecule has 3 amide bonds. The number of benzene rings is 3. The van der Waals surface area contributed by atoms with Crippen LogP contribution in [0.4, 0.5) is 16.3 Å². The van der Waals surface area contributed by atoms with Crippen LogP contribution < -0.4 is 20.1 Å². The van der Waals surface area contributed by atoms with Crippen LogP contribution in [0.1, 0.15) is 60.8 Å². The molecular formula is C36H43N5O4. The van der Waals surface area contributed by atoms with Gasteiger partial charge in [-0.05, 0) is 80.1 Å². The van der Waals surface area contributed by atoms with Crippen LogP contribution in [0.3, 0.4) is 0 Å². The van der Waals surface area contributed by atoms with Gasteiger partial charge in [0.05, 0.1) is 25.6 Å². The Hall–Kier alpha value is -4.79. The van der Waals surface area contributed by atoms with E-state index in [1.165, 1.54) is 5.56 Å². The molecule has 0 bridgehead atoms. The second-order valence-electron chi connectivity index (χ2n) is 12.7. The van der Waals surface area contributed by atoms with E-state index in [2.05, 4.69) is 43.5 Å². The van der Waals surface area contributed by atoms with Crippen LogP contribution >= 0.6 is 0 Å². The van der Waals surface area contributed by atoms with Gasteiger partial charge in [-0.3, -0.25) is 10.1 Å². The third-order valence-electron chi connectivity index (χ3n) is 8.27. The molecule has 4 aromatic rings. The van der Waals surface area contributed by atoms with E-state index < -0.39 is 0 Å². The summed E-state index contributed by atoms with van der Waals surface area (Å²) in [6, 6.07) is 22.9. The lowest BCUT2D eigenvalue weighted by molar-refractivity contribution is 0.0690. The number of carbonyl (C=O) groups is 2. The van der Waals surface area contributed by atoms with E-state index >= 15 is 0 Å². The zero-order chi connectivity index (χ0) is 32.1. The van der Waals surface area contributed by atoms with Gasteiger partial charge in [0.25, 0.3) is 5.91 Å². The maximum atomic E-state index is 13.1. The number of rotatable bonds is 8. The number of piperidine rings is 1. The van der Waals surface area contributed by atoms with E-state index in [9.17, 15) is 9.59 Å². The van der Waals surface area contributed by atoms with Gasteiger partial charge in [0.1, 0.15) is 5.82 Å². The summed E-state index contributed by atoms with van der Waals surface area (Å²) in [7, 11) is 3.15. The van der Waals surface area contributed by atoms with Crippen LogP contribution in [0.5, 0.6) is 11.5 Å². The van der Waals surface area contributed by atoms with Crippen LogP contribution in [0.2, 0.25) is 0 Å². The first-order chi connectivity index (χ1) is 21.5. The molecular weight excluding hydrogens is 566 g/mol. The highest BCUT2D eigenvalue weighted by atomic mass is 16.5. The first-order valence-electron chi connectivity index (χ1n) is 15.4. The number of amides is 3. The maximum absolute atomic E-state index is 13.1. The average molecular weight is 610 g/mol. The van der Waals surface area contributed by atoms with Crippen molar-refractivity contribution in [3.05, 3.63) is 95.2 Å².